The van der Waals surface area contributed by atoms with Crippen molar-refractivity contribution in [3.05, 3.63) is 60.9 Å². The van der Waals surface area contributed by atoms with Gasteiger partial charge in [-0.1, -0.05) is 12.1 Å². The lowest BCUT2D eigenvalue weighted by Gasteiger charge is -2.34. The van der Waals surface area contributed by atoms with E-state index in [1.165, 1.54) is 11.4 Å². The van der Waals surface area contributed by atoms with Gasteiger partial charge in [0.25, 0.3) is 0 Å². The Morgan fingerprint density at radius 3 is 2.14 bits per heavy atom. The maximum atomic E-state index is 13.0. The third-order valence-electron chi connectivity index (χ3n) is 4.75. The molecule has 1 saturated heterocycles. The maximum Gasteiger partial charge on any atom is 0.246 e. The molecular weight excluding hydrogens is 378 g/mol. The van der Waals surface area contributed by atoms with Gasteiger partial charge in [0.15, 0.2) is 11.6 Å². The molecule has 0 radical (unpaired) electrons. The van der Waals surface area contributed by atoms with Gasteiger partial charge in [-0.3, -0.25) is 0 Å². The van der Waals surface area contributed by atoms with E-state index in [4.69, 9.17) is 4.74 Å². The minimum atomic E-state index is -3.60. The number of ether oxygens (including phenoxy) is 1. The first-order valence-corrected chi connectivity index (χ1v) is 10.4. The van der Waals surface area contributed by atoms with Crippen LogP contribution < -0.4 is 9.64 Å². The van der Waals surface area contributed by atoms with Crippen LogP contribution in [0.4, 0.5) is 5.82 Å². The van der Waals surface area contributed by atoms with E-state index in [-0.39, 0.29) is 4.90 Å². The van der Waals surface area contributed by atoms with Crippen LogP contribution in [0.1, 0.15) is 0 Å². The van der Waals surface area contributed by atoms with Crippen LogP contribution in [-0.2, 0) is 10.0 Å². The average molecular weight is 399 g/mol. The van der Waals surface area contributed by atoms with Crippen molar-refractivity contribution in [3.8, 4) is 11.6 Å². The Balaban J connectivity index is 1.46. The van der Waals surface area contributed by atoms with E-state index >= 15 is 0 Å². The lowest BCUT2D eigenvalue weighted by atomic mass is 10.3. The number of anilines is 1. The van der Waals surface area contributed by atoms with E-state index in [1.54, 1.807) is 24.3 Å². The molecule has 0 unspecified atom stereocenters. The molecule has 0 amide bonds. The maximum absolute atomic E-state index is 13.0. The molecule has 0 bridgehead atoms. The van der Waals surface area contributed by atoms with Gasteiger partial charge < -0.3 is 14.2 Å². The predicted molar refractivity (Wildman–Crippen MR) is 105 cm³/mol. The number of hydrogen-bond donors (Lipinski definition) is 0. The lowest BCUT2D eigenvalue weighted by molar-refractivity contribution is 0.373. The fourth-order valence-corrected chi connectivity index (χ4v) is 4.82. The summed E-state index contributed by atoms with van der Waals surface area (Å²) in [6, 6.07) is 14.4. The molecular formula is C19H21N5O3S. The number of piperazine rings is 1. The van der Waals surface area contributed by atoms with Crippen LogP contribution in [0.2, 0.25) is 0 Å². The zero-order valence-electron chi connectivity index (χ0n) is 15.5. The highest BCUT2D eigenvalue weighted by Gasteiger charge is 2.31. The van der Waals surface area contributed by atoms with E-state index in [1.807, 2.05) is 46.1 Å². The van der Waals surface area contributed by atoms with Gasteiger partial charge in [-0.25, -0.2) is 8.42 Å². The molecule has 146 valence electrons. The van der Waals surface area contributed by atoms with Crippen molar-refractivity contribution in [2.45, 2.75) is 4.90 Å². The topological polar surface area (TPSA) is 80.6 Å². The molecule has 0 N–H and O–H groups in total. The molecule has 1 aliphatic heterocycles. The van der Waals surface area contributed by atoms with Crippen LogP contribution in [0.25, 0.3) is 5.82 Å². The third-order valence-corrected chi connectivity index (χ3v) is 6.69. The standard InChI is InChI=1S/C19H21N5O3S/c1-27-16-6-2-3-7-17(16)28(25,26)24-14-12-23(13-15-24)19-9-8-18(20-21-19)22-10-4-5-11-22/h2-11H,12-15H2,1H3. The first-order valence-electron chi connectivity index (χ1n) is 8.95. The highest BCUT2D eigenvalue weighted by atomic mass is 32.2. The summed E-state index contributed by atoms with van der Waals surface area (Å²) in [6.45, 7) is 1.85. The Kier molecular flexibility index (Phi) is 5.01. The minimum absolute atomic E-state index is 0.196. The molecule has 1 aromatic carbocycles. The Labute approximate surface area is 164 Å². The van der Waals surface area contributed by atoms with E-state index in [2.05, 4.69) is 10.2 Å². The molecule has 0 spiro atoms. The first-order chi connectivity index (χ1) is 13.6. The summed E-state index contributed by atoms with van der Waals surface area (Å²) < 4.78 is 34.6. The van der Waals surface area contributed by atoms with E-state index < -0.39 is 10.0 Å². The second-order valence-corrected chi connectivity index (χ2v) is 8.29. The summed E-state index contributed by atoms with van der Waals surface area (Å²) >= 11 is 0. The molecule has 0 atom stereocenters. The summed E-state index contributed by atoms with van der Waals surface area (Å²) in [5, 5.41) is 8.56. The van der Waals surface area contributed by atoms with Crippen molar-refractivity contribution >= 4 is 15.8 Å². The second kappa shape index (κ2) is 7.61. The summed E-state index contributed by atoms with van der Waals surface area (Å²) in [5.41, 5.74) is 0. The van der Waals surface area contributed by atoms with Gasteiger partial charge in [0.2, 0.25) is 10.0 Å². The van der Waals surface area contributed by atoms with Crippen LogP contribution >= 0.6 is 0 Å². The van der Waals surface area contributed by atoms with Gasteiger partial charge in [-0.15, -0.1) is 10.2 Å². The quantitative estimate of drug-likeness (QED) is 0.651. The van der Waals surface area contributed by atoms with Gasteiger partial charge in [0.1, 0.15) is 10.6 Å². The van der Waals surface area contributed by atoms with Crippen molar-refractivity contribution in [1.29, 1.82) is 0 Å². The first kappa shape index (κ1) is 18.5. The number of methoxy groups -OCH3 is 1. The fraction of sp³-hybridized carbons (Fsp3) is 0.263. The molecule has 4 rings (SSSR count). The van der Waals surface area contributed by atoms with Crippen LogP contribution in [0.3, 0.4) is 0 Å². The number of benzene rings is 1. The number of nitrogens with zero attached hydrogens (tertiary/aromatic N) is 5. The van der Waals surface area contributed by atoms with Gasteiger partial charge in [0.05, 0.1) is 7.11 Å². The van der Waals surface area contributed by atoms with E-state index in [0.717, 1.165) is 11.6 Å². The van der Waals surface area contributed by atoms with Gasteiger partial charge in [-0.2, -0.15) is 4.31 Å². The van der Waals surface area contributed by atoms with Crippen molar-refractivity contribution in [1.82, 2.24) is 19.1 Å². The third kappa shape index (κ3) is 3.46. The smallest absolute Gasteiger partial charge is 0.246 e. The molecule has 1 fully saturated rings. The highest BCUT2D eigenvalue weighted by Crippen LogP contribution is 2.27. The minimum Gasteiger partial charge on any atom is -0.495 e. The molecule has 8 nitrogen and oxygen atoms in total. The molecule has 0 aliphatic carbocycles. The normalized spacial score (nSPS) is 15.5. The van der Waals surface area contributed by atoms with Crippen LogP contribution in [0, 0.1) is 0 Å². The summed E-state index contributed by atoms with van der Waals surface area (Å²) in [6.07, 6.45) is 3.82. The number of aromatic nitrogens is 3. The molecule has 1 aliphatic rings. The van der Waals surface area contributed by atoms with Crippen LogP contribution in [-0.4, -0.2) is 60.8 Å². The van der Waals surface area contributed by atoms with Gasteiger partial charge in [0, 0.05) is 38.6 Å². The lowest BCUT2D eigenvalue weighted by Crippen LogP contribution is -2.49. The number of hydrogen-bond acceptors (Lipinski definition) is 6. The highest BCUT2D eigenvalue weighted by molar-refractivity contribution is 7.89. The Hall–Kier alpha value is -2.91. The Morgan fingerprint density at radius 1 is 0.857 bits per heavy atom. The number of rotatable bonds is 5. The number of para-hydroxylation sites is 1. The summed E-state index contributed by atoms with van der Waals surface area (Å²) in [7, 11) is -2.13. The van der Waals surface area contributed by atoms with Crippen LogP contribution in [0.15, 0.2) is 65.8 Å². The van der Waals surface area contributed by atoms with E-state index in [9.17, 15) is 8.42 Å². The van der Waals surface area contributed by atoms with Crippen molar-refractivity contribution in [2.75, 3.05) is 38.2 Å². The van der Waals surface area contributed by atoms with Gasteiger partial charge >= 0.3 is 0 Å². The number of sulfonamides is 1. The zero-order chi connectivity index (χ0) is 19.6. The Bertz CT molecular complexity index is 1030. The van der Waals surface area contributed by atoms with E-state index in [0.29, 0.717) is 31.9 Å². The SMILES string of the molecule is COc1ccccc1S(=O)(=O)N1CCN(c2ccc(-n3cccc3)nn2)CC1. The second-order valence-electron chi connectivity index (χ2n) is 6.38. The molecule has 28 heavy (non-hydrogen) atoms. The predicted octanol–water partition coefficient (Wildman–Crippen LogP) is 1.79. The molecule has 3 aromatic rings. The molecule has 0 saturated carbocycles. The fourth-order valence-electron chi connectivity index (χ4n) is 3.24. The average Bonchev–Trinajstić information content (AvgIpc) is 3.29. The zero-order valence-corrected chi connectivity index (χ0v) is 16.3. The van der Waals surface area contributed by atoms with Crippen molar-refractivity contribution in [3.63, 3.8) is 0 Å². The summed E-state index contributed by atoms with van der Waals surface area (Å²) in [5.74, 6) is 1.84. The largest absolute Gasteiger partial charge is 0.495 e. The van der Waals surface area contributed by atoms with Gasteiger partial charge in [-0.05, 0) is 36.4 Å². The van der Waals surface area contributed by atoms with Crippen molar-refractivity contribution in [2.24, 2.45) is 0 Å². The molecule has 9 heteroatoms. The van der Waals surface area contributed by atoms with Crippen molar-refractivity contribution < 1.29 is 13.2 Å². The molecule has 3 heterocycles. The monoisotopic (exact) mass is 399 g/mol. The van der Waals surface area contributed by atoms with Crippen LogP contribution in [0.5, 0.6) is 5.75 Å². The Morgan fingerprint density at radius 2 is 1.50 bits per heavy atom. The summed E-state index contributed by atoms with van der Waals surface area (Å²) in [4.78, 5) is 2.24. The molecule has 2 aromatic heterocycles.